The zero-order valence-electron chi connectivity index (χ0n) is 8.19. The maximum Gasteiger partial charge on any atom is 0.293 e. The Morgan fingerprint density at radius 1 is 1.36 bits per heavy atom. The van der Waals surface area contributed by atoms with Crippen LogP contribution in [-0.2, 0) is 9.53 Å². The molecule has 0 aliphatic carbocycles. The van der Waals surface area contributed by atoms with E-state index >= 15 is 0 Å². The fourth-order valence-electron chi connectivity index (χ4n) is 1.10. The zero-order valence-corrected chi connectivity index (χ0v) is 8.19. The van der Waals surface area contributed by atoms with Crippen molar-refractivity contribution in [1.29, 1.82) is 0 Å². The van der Waals surface area contributed by atoms with Crippen molar-refractivity contribution in [2.24, 2.45) is 0 Å². The van der Waals surface area contributed by atoms with Gasteiger partial charge in [0.15, 0.2) is 6.10 Å². The van der Waals surface area contributed by atoms with Gasteiger partial charge in [-0.3, -0.25) is 9.59 Å². The summed E-state index contributed by atoms with van der Waals surface area (Å²) in [4.78, 5) is 21.6. The summed E-state index contributed by atoms with van der Waals surface area (Å²) >= 11 is 0. The van der Waals surface area contributed by atoms with Crippen LogP contribution in [0.3, 0.4) is 0 Å². The first kappa shape index (κ1) is 10.4. The SMILES string of the molecule is Cc1ccc(C(=O)C(C)OC=O)cc1. The molecule has 0 aromatic heterocycles. The first-order chi connectivity index (χ1) is 6.65. The van der Waals surface area contributed by atoms with Crippen LogP contribution in [0.5, 0.6) is 0 Å². The van der Waals surface area contributed by atoms with Crippen molar-refractivity contribution in [3.8, 4) is 0 Å². The second kappa shape index (κ2) is 4.56. The molecule has 0 spiro atoms. The van der Waals surface area contributed by atoms with Crippen LogP contribution < -0.4 is 0 Å². The smallest absolute Gasteiger partial charge is 0.293 e. The van der Waals surface area contributed by atoms with E-state index in [1.807, 2.05) is 19.1 Å². The third-order valence-electron chi connectivity index (χ3n) is 1.96. The maximum absolute atomic E-state index is 11.6. The Labute approximate surface area is 82.7 Å². The molecule has 1 unspecified atom stereocenters. The lowest BCUT2D eigenvalue weighted by atomic mass is 10.1. The number of ketones is 1. The van der Waals surface area contributed by atoms with Crippen molar-refractivity contribution >= 4 is 12.3 Å². The second-order valence-electron chi connectivity index (χ2n) is 3.10. The Balaban J connectivity index is 2.78. The van der Waals surface area contributed by atoms with Crippen LogP contribution in [0.4, 0.5) is 0 Å². The number of ether oxygens (including phenoxy) is 1. The molecule has 1 aromatic carbocycles. The molecule has 74 valence electrons. The number of carbonyl (C=O) groups is 2. The van der Waals surface area contributed by atoms with E-state index < -0.39 is 6.10 Å². The Kier molecular flexibility index (Phi) is 3.40. The zero-order chi connectivity index (χ0) is 10.6. The van der Waals surface area contributed by atoms with E-state index in [2.05, 4.69) is 4.74 Å². The van der Waals surface area contributed by atoms with Crippen molar-refractivity contribution in [2.75, 3.05) is 0 Å². The number of Topliss-reactive ketones (excluding diaryl/α,β-unsaturated/α-hetero) is 1. The highest BCUT2D eigenvalue weighted by Gasteiger charge is 2.15. The average molecular weight is 192 g/mol. The van der Waals surface area contributed by atoms with Crippen LogP contribution in [0, 0.1) is 6.92 Å². The molecule has 14 heavy (non-hydrogen) atoms. The van der Waals surface area contributed by atoms with Gasteiger partial charge in [0.05, 0.1) is 0 Å². The first-order valence-corrected chi connectivity index (χ1v) is 4.35. The van der Waals surface area contributed by atoms with Gasteiger partial charge in [-0.05, 0) is 13.8 Å². The summed E-state index contributed by atoms with van der Waals surface area (Å²) in [5, 5.41) is 0. The van der Waals surface area contributed by atoms with Crippen molar-refractivity contribution in [3.05, 3.63) is 35.4 Å². The third-order valence-corrected chi connectivity index (χ3v) is 1.96. The number of carbonyl (C=O) groups excluding carboxylic acids is 2. The Hall–Kier alpha value is -1.64. The van der Waals surface area contributed by atoms with Crippen molar-refractivity contribution in [2.45, 2.75) is 20.0 Å². The minimum Gasteiger partial charge on any atom is -0.456 e. The summed E-state index contributed by atoms with van der Waals surface area (Å²) in [5.41, 5.74) is 1.65. The fourth-order valence-corrected chi connectivity index (χ4v) is 1.10. The second-order valence-corrected chi connectivity index (χ2v) is 3.10. The van der Waals surface area contributed by atoms with Crippen molar-refractivity contribution < 1.29 is 14.3 Å². The van der Waals surface area contributed by atoms with Crippen LogP contribution in [0.1, 0.15) is 22.8 Å². The van der Waals surface area contributed by atoms with Crippen LogP contribution in [-0.4, -0.2) is 18.4 Å². The Bertz CT molecular complexity index is 327. The summed E-state index contributed by atoms with van der Waals surface area (Å²) in [5.74, 6) is -0.183. The predicted molar refractivity (Wildman–Crippen MR) is 52.1 cm³/mol. The minimum atomic E-state index is -0.713. The van der Waals surface area contributed by atoms with Gasteiger partial charge in [0.2, 0.25) is 5.78 Å². The molecule has 0 fully saturated rings. The molecule has 1 atom stereocenters. The monoisotopic (exact) mass is 192 g/mol. The highest BCUT2D eigenvalue weighted by molar-refractivity contribution is 5.99. The van der Waals surface area contributed by atoms with Gasteiger partial charge in [-0.1, -0.05) is 29.8 Å². The molecule has 0 heterocycles. The lowest BCUT2D eigenvalue weighted by Crippen LogP contribution is -2.20. The lowest BCUT2D eigenvalue weighted by Gasteiger charge is -2.07. The normalized spacial score (nSPS) is 11.9. The largest absolute Gasteiger partial charge is 0.456 e. The average Bonchev–Trinajstić information content (AvgIpc) is 2.18. The molecule has 0 radical (unpaired) electrons. The molecule has 0 bridgehead atoms. The number of hydrogen-bond acceptors (Lipinski definition) is 3. The molecule has 0 saturated carbocycles. The van der Waals surface area contributed by atoms with Gasteiger partial charge >= 0.3 is 0 Å². The fraction of sp³-hybridized carbons (Fsp3) is 0.273. The summed E-state index contributed by atoms with van der Waals surface area (Å²) in [7, 11) is 0. The Morgan fingerprint density at radius 3 is 2.43 bits per heavy atom. The molecule has 0 N–H and O–H groups in total. The minimum absolute atomic E-state index is 0.183. The molecule has 3 heteroatoms. The van der Waals surface area contributed by atoms with E-state index in [0.29, 0.717) is 5.56 Å². The molecule has 1 rings (SSSR count). The molecule has 0 amide bonds. The van der Waals surface area contributed by atoms with Crippen molar-refractivity contribution in [3.63, 3.8) is 0 Å². The summed E-state index contributed by atoms with van der Waals surface area (Å²) in [6, 6.07) is 7.15. The van der Waals surface area contributed by atoms with Gasteiger partial charge in [0.25, 0.3) is 6.47 Å². The van der Waals surface area contributed by atoms with Crippen molar-refractivity contribution in [1.82, 2.24) is 0 Å². The third kappa shape index (κ3) is 2.42. The number of rotatable bonds is 4. The number of hydrogen-bond donors (Lipinski definition) is 0. The van der Waals surface area contributed by atoms with Gasteiger partial charge in [0, 0.05) is 5.56 Å². The van der Waals surface area contributed by atoms with Gasteiger partial charge < -0.3 is 4.74 Å². The predicted octanol–water partition coefficient (Wildman–Crippen LogP) is 1.74. The van der Waals surface area contributed by atoms with E-state index in [1.54, 1.807) is 19.1 Å². The molecule has 0 aliphatic rings. The van der Waals surface area contributed by atoms with Crippen LogP contribution in [0.15, 0.2) is 24.3 Å². The van der Waals surface area contributed by atoms with Crippen LogP contribution >= 0.6 is 0 Å². The molecule has 0 saturated heterocycles. The first-order valence-electron chi connectivity index (χ1n) is 4.35. The number of aryl methyl sites for hydroxylation is 1. The van der Waals surface area contributed by atoms with Gasteiger partial charge in [0.1, 0.15) is 0 Å². The highest BCUT2D eigenvalue weighted by Crippen LogP contribution is 2.07. The summed E-state index contributed by atoms with van der Waals surface area (Å²) in [6.07, 6.45) is -0.713. The highest BCUT2D eigenvalue weighted by atomic mass is 16.5. The number of benzene rings is 1. The molecule has 1 aromatic rings. The van der Waals surface area contributed by atoms with E-state index in [4.69, 9.17) is 0 Å². The topological polar surface area (TPSA) is 43.4 Å². The maximum atomic E-state index is 11.6. The van der Waals surface area contributed by atoms with Gasteiger partial charge in [-0.2, -0.15) is 0 Å². The molecule has 3 nitrogen and oxygen atoms in total. The quantitative estimate of drug-likeness (QED) is 0.539. The van der Waals surface area contributed by atoms with E-state index in [0.717, 1.165) is 5.56 Å². The van der Waals surface area contributed by atoms with Gasteiger partial charge in [-0.25, -0.2) is 0 Å². The van der Waals surface area contributed by atoms with Crippen LogP contribution in [0.2, 0.25) is 0 Å². The standard InChI is InChI=1S/C11H12O3/c1-8-3-5-10(6-4-8)11(13)9(2)14-7-12/h3-7,9H,1-2H3. The summed E-state index contributed by atoms with van der Waals surface area (Å²) < 4.78 is 4.56. The van der Waals surface area contributed by atoms with Gasteiger partial charge in [-0.15, -0.1) is 0 Å². The summed E-state index contributed by atoms with van der Waals surface area (Å²) in [6.45, 7) is 3.78. The lowest BCUT2D eigenvalue weighted by molar-refractivity contribution is -0.131. The molecular weight excluding hydrogens is 180 g/mol. The van der Waals surface area contributed by atoms with Crippen LogP contribution in [0.25, 0.3) is 0 Å². The van der Waals surface area contributed by atoms with E-state index in [-0.39, 0.29) is 12.3 Å². The Morgan fingerprint density at radius 2 is 1.93 bits per heavy atom. The van der Waals surface area contributed by atoms with E-state index in [1.165, 1.54) is 0 Å². The molecular formula is C11H12O3. The molecule has 0 aliphatic heterocycles. The van der Waals surface area contributed by atoms with E-state index in [9.17, 15) is 9.59 Å².